The predicted octanol–water partition coefficient (Wildman–Crippen LogP) is 2.72. The van der Waals surface area contributed by atoms with Crippen LogP contribution in [-0.2, 0) is 16.1 Å². The summed E-state index contributed by atoms with van der Waals surface area (Å²) in [5.74, 6) is -1.12. The maximum absolute atomic E-state index is 12.8. The molecule has 1 aliphatic carbocycles. The summed E-state index contributed by atoms with van der Waals surface area (Å²) in [6.45, 7) is 5.83. The van der Waals surface area contributed by atoms with Crippen LogP contribution in [0.5, 0.6) is 0 Å². The lowest BCUT2D eigenvalue weighted by Gasteiger charge is -2.24. The number of hydrogen-bond donors (Lipinski definition) is 1. The first-order valence-electron chi connectivity index (χ1n) is 9.93. The summed E-state index contributed by atoms with van der Waals surface area (Å²) in [7, 11) is 0. The summed E-state index contributed by atoms with van der Waals surface area (Å²) in [5.41, 5.74) is 0.805. The number of esters is 1. The first-order valence-corrected chi connectivity index (χ1v) is 9.93. The van der Waals surface area contributed by atoms with Crippen molar-refractivity contribution in [1.29, 1.82) is 0 Å². The van der Waals surface area contributed by atoms with Gasteiger partial charge in [-0.1, -0.05) is 19.3 Å². The Labute approximate surface area is 164 Å². The number of aromatic nitrogens is 2. The average molecular weight is 385 g/mol. The minimum absolute atomic E-state index is 0.0858. The largest absolute Gasteiger partial charge is 0.449 e. The van der Waals surface area contributed by atoms with Crippen LogP contribution in [0.25, 0.3) is 11.0 Å². The standard InChI is InChI=1S/C21H27N3O4/c1-4-24-12-17(18(25)16-11-10-13(2)22-19(16)24)21(27)28-14(3)20(26)23-15-8-6-5-7-9-15/h10-12,14-15H,4-9H2,1-3H3,(H,23,26)/t14-/m0/s1. The number of rotatable bonds is 5. The molecule has 0 saturated heterocycles. The Balaban J connectivity index is 1.79. The number of nitrogens with one attached hydrogen (secondary N) is 1. The van der Waals surface area contributed by atoms with Crippen molar-refractivity contribution in [2.24, 2.45) is 0 Å². The van der Waals surface area contributed by atoms with E-state index in [1.807, 2.05) is 13.8 Å². The number of ether oxygens (including phenoxy) is 1. The molecule has 1 aliphatic rings. The molecule has 0 radical (unpaired) electrons. The fourth-order valence-electron chi connectivity index (χ4n) is 3.59. The Hall–Kier alpha value is -2.70. The highest BCUT2D eigenvalue weighted by atomic mass is 16.5. The van der Waals surface area contributed by atoms with Crippen LogP contribution in [-0.4, -0.2) is 33.6 Å². The average Bonchev–Trinajstić information content (AvgIpc) is 2.68. The van der Waals surface area contributed by atoms with E-state index < -0.39 is 17.5 Å². The highest BCUT2D eigenvalue weighted by molar-refractivity contribution is 5.95. The molecule has 1 fully saturated rings. The smallest absolute Gasteiger partial charge is 0.344 e. The van der Waals surface area contributed by atoms with E-state index in [0.717, 1.165) is 31.4 Å². The lowest BCUT2D eigenvalue weighted by Crippen LogP contribution is -2.43. The summed E-state index contributed by atoms with van der Waals surface area (Å²) in [6, 6.07) is 3.54. The van der Waals surface area contributed by atoms with Crippen LogP contribution in [0.4, 0.5) is 0 Å². The van der Waals surface area contributed by atoms with Gasteiger partial charge in [0.05, 0.1) is 5.39 Å². The van der Waals surface area contributed by atoms with Crippen molar-refractivity contribution in [3.63, 3.8) is 0 Å². The first-order chi connectivity index (χ1) is 13.4. The molecule has 0 bridgehead atoms. The van der Waals surface area contributed by atoms with E-state index in [-0.39, 0.29) is 17.5 Å². The van der Waals surface area contributed by atoms with Crippen LogP contribution >= 0.6 is 0 Å². The lowest BCUT2D eigenvalue weighted by molar-refractivity contribution is -0.130. The maximum atomic E-state index is 12.8. The molecule has 1 atom stereocenters. The van der Waals surface area contributed by atoms with Crippen molar-refractivity contribution in [2.45, 2.75) is 71.6 Å². The van der Waals surface area contributed by atoms with Crippen LogP contribution in [0.15, 0.2) is 23.1 Å². The number of amides is 1. The van der Waals surface area contributed by atoms with E-state index in [1.54, 1.807) is 16.7 Å². The molecule has 1 N–H and O–H groups in total. The Morgan fingerprint density at radius 3 is 2.68 bits per heavy atom. The van der Waals surface area contributed by atoms with Gasteiger partial charge in [-0.05, 0) is 45.7 Å². The number of aryl methyl sites for hydroxylation is 2. The predicted molar refractivity (Wildman–Crippen MR) is 106 cm³/mol. The molecule has 2 heterocycles. The van der Waals surface area contributed by atoms with E-state index in [1.165, 1.54) is 19.5 Å². The third-order valence-corrected chi connectivity index (χ3v) is 5.23. The fourth-order valence-corrected chi connectivity index (χ4v) is 3.59. The topological polar surface area (TPSA) is 90.3 Å². The van der Waals surface area contributed by atoms with Crippen molar-refractivity contribution in [1.82, 2.24) is 14.9 Å². The molecule has 0 spiro atoms. The zero-order chi connectivity index (χ0) is 20.3. The maximum Gasteiger partial charge on any atom is 0.344 e. The Kier molecular flexibility index (Phi) is 6.11. The van der Waals surface area contributed by atoms with Crippen molar-refractivity contribution < 1.29 is 14.3 Å². The lowest BCUT2D eigenvalue weighted by atomic mass is 9.95. The van der Waals surface area contributed by atoms with Gasteiger partial charge in [-0.3, -0.25) is 9.59 Å². The SMILES string of the molecule is CCn1cc(C(=O)O[C@@H](C)C(=O)NC2CCCCC2)c(=O)c2ccc(C)nc21. The van der Waals surface area contributed by atoms with Crippen molar-refractivity contribution in [2.75, 3.05) is 0 Å². The van der Waals surface area contributed by atoms with Gasteiger partial charge in [-0.2, -0.15) is 0 Å². The fraction of sp³-hybridized carbons (Fsp3) is 0.524. The van der Waals surface area contributed by atoms with Gasteiger partial charge in [0.15, 0.2) is 6.10 Å². The van der Waals surface area contributed by atoms with Crippen LogP contribution in [0, 0.1) is 6.92 Å². The van der Waals surface area contributed by atoms with Crippen LogP contribution < -0.4 is 10.7 Å². The third-order valence-electron chi connectivity index (χ3n) is 5.23. The van der Waals surface area contributed by atoms with E-state index in [4.69, 9.17) is 4.74 Å². The molecular formula is C21H27N3O4. The van der Waals surface area contributed by atoms with E-state index in [9.17, 15) is 14.4 Å². The normalized spacial score (nSPS) is 16.0. The number of carbonyl (C=O) groups is 2. The van der Waals surface area contributed by atoms with E-state index in [2.05, 4.69) is 10.3 Å². The molecule has 3 rings (SSSR count). The zero-order valence-corrected chi connectivity index (χ0v) is 16.7. The summed E-state index contributed by atoms with van der Waals surface area (Å²) in [6.07, 6.45) is 5.79. The highest BCUT2D eigenvalue weighted by Crippen LogP contribution is 2.18. The molecule has 0 aromatic carbocycles. The molecule has 28 heavy (non-hydrogen) atoms. The second kappa shape index (κ2) is 8.54. The Morgan fingerprint density at radius 2 is 2.00 bits per heavy atom. The van der Waals surface area contributed by atoms with Gasteiger partial charge in [0.2, 0.25) is 5.43 Å². The van der Waals surface area contributed by atoms with Gasteiger partial charge >= 0.3 is 5.97 Å². The second-order valence-corrected chi connectivity index (χ2v) is 7.37. The second-order valence-electron chi connectivity index (χ2n) is 7.37. The molecule has 1 saturated carbocycles. The molecular weight excluding hydrogens is 358 g/mol. The monoisotopic (exact) mass is 385 g/mol. The van der Waals surface area contributed by atoms with Crippen molar-refractivity contribution in [3.8, 4) is 0 Å². The third kappa shape index (κ3) is 4.24. The van der Waals surface area contributed by atoms with Gasteiger partial charge < -0.3 is 14.6 Å². The molecule has 2 aromatic heterocycles. The summed E-state index contributed by atoms with van der Waals surface area (Å²) in [4.78, 5) is 42.1. The summed E-state index contributed by atoms with van der Waals surface area (Å²) >= 11 is 0. The molecule has 7 heteroatoms. The number of fused-ring (bicyclic) bond motifs is 1. The van der Waals surface area contributed by atoms with Crippen LogP contribution in [0.3, 0.4) is 0 Å². The quantitative estimate of drug-likeness (QED) is 0.799. The zero-order valence-electron chi connectivity index (χ0n) is 16.7. The molecule has 150 valence electrons. The molecule has 0 aliphatic heterocycles. The Bertz CT molecular complexity index is 945. The number of pyridine rings is 2. The van der Waals surface area contributed by atoms with E-state index >= 15 is 0 Å². The summed E-state index contributed by atoms with van der Waals surface area (Å²) < 4.78 is 7.05. The minimum atomic E-state index is -0.962. The summed E-state index contributed by atoms with van der Waals surface area (Å²) in [5, 5.41) is 3.30. The molecule has 1 amide bonds. The molecule has 7 nitrogen and oxygen atoms in total. The van der Waals surface area contributed by atoms with Gasteiger partial charge in [-0.15, -0.1) is 0 Å². The van der Waals surface area contributed by atoms with Gasteiger partial charge in [0, 0.05) is 24.5 Å². The first kappa shape index (κ1) is 20.0. The van der Waals surface area contributed by atoms with Gasteiger partial charge in [0.1, 0.15) is 11.2 Å². The highest BCUT2D eigenvalue weighted by Gasteiger charge is 2.25. The van der Waals surface area contributed by atoms with E-state index in [0.29, 0.717) is 17.6 Å². The molecule has 2 aromatic rings. The Morgan fingerprint density at radius 1 is 1.29 bits per heavy atom. The number of hydrogen-bond acceptors (Lipinski definition) is 5. The number of carbonyl (C=O) groups excluding carboxylic acids is 2. The van der Waals surface area contributed by atoms with Gasteiger partial charge in [0.25, 0.3) is 5.91 Å². The van der Waals surface area contributed by atoms with Crippen molar-refractivity contribution >= 4 is 22.9 Å². The minimum Gasteiger partial charge on any atom is -0.449 e. The number of nitrogens with zero attached hydrogens (tertiary/aromatic N) is 2. The molecule has 0 unspecified atom stereocenters. The van der Waals surface area contributed by atoms with Crippen LogP contribution in [0.2, 0.25) is 0 Å². The van der Waals surface area contributed by atoms with Gasteiger partial charge in [-0.25, -0.2) is 9.78 Å². The van der Waals surface area contributed by atoms with Crippen LogP contribution in [0.1, 0.15) is 62.0 Å². The van der Waals surface area contributed by atoms with Crippen molar-refractivity contribution in [3.05, 3.63) is 39.8 Å².